The summed E-state index contributed by atoms with van der Waals surface area (Å²) in [5.74, 6) is 0. The molecule has 0 amide bonds. The van der Waals surface area contributed by atoms with Crippen molar-refractivity contribution >= 4 is 0 Å². The van der Waals surface area contributed by atoms with E-state index in [4.69, 9.17) is 0 Å². The van der Waals surface area contributed by atoms with E-state index < -0.39 is 6.43 Å². The fourth-order valence-electron chi connectivity index (χ4n) is 1.61. The van der Waals surface area contributed by atoms with E-state index in [0.29, 0.717) is 0 Å². The van der Waals surface area contributed by atoms with Crippen molar-refractivity contribution in [3.8, 4) is 0 Å². The number of hydrogen-bond acceptors (Lipinski definition) is 2. The third-order valence-electron chi connectivity index (χ3n) is 2.11. The Balaban J connectivity index is 0.000000531. The maximum atomic E-state index is 12.0. The van der Waals surface area contributed by atoms with Gasteiger partial charge < -0.3 is 0 Å². The van der Waals surface area contributed by atoms with Crippen molar-refractivity contribution < 1.29 is 8.78 Å². The maximum absolute atomic E-state index is 12.0. The second-order valence-corrected chi connectivity index (χ2v) is 3.39. The molecule has 0 saturated carbocycles. The molecule has 0 fully saturated rings. The fourth-order valence-corrected chi connectivity index (χ4v) is 1.61. The van der Waals surface area contributed by atoms with Crippen LogP contribution in [-0.2, 0) is 19.6 Å². The lowest BCUT2D eigenvalue weighted by Crippen LogP contribution is -2.12. The normalized spacial score (nSPS) is 15.1. The van der Waals surface area contributed by atoms with E-state index in [1.165, 1.54) is 4.68 Å². The molecule has 86 valence electrons. The third kappa shape index (κ3) is 2.99. The number of nitrogens with zero attached hydrogens (tertiary/aromatic N) is 3. The summed E-state index contributed by atoms with van der Waals surface area (Å²) < 4.78 is 25.3. The summed E-state index contributed by atoms with van der Waals surface area (Å²) in [6.45, 7) is 5.29. The van der Waals surface area contributed by atoms with Crippen LogP contribution in [0.2, 0.25) is 0 Å². The Hall–Kier alpha value is -0.970. The van der Waals surface area contributed by atoms with Gasteiger partial charge in [-0.15, -0.1) is 0 Å². The summed E-state index contributed by atoms with van der Waals surface area (Å²) in [6.07, 6.45) is -0.608. The van der Waals surface area contributed by atoms with E-state index in [1.54, 1.807) is 6.20 Å². The molecule has 0 aliphatic carbocycles. The summed E-state index contributed by atoms with van der Waals surface area (Å²) in [4.78, 5) is 2.10. The molecule has 2 heterocycles. The summed E-state index contributed by atoms with van der Waals surface area (Å²) in [5.41, 5.74) is 2.01. The molecule has 0 N–H and O–H groups in total. The summed E-state index contributed by atoms with van der Waals surface area (Å²) in [6, 6.07) is 0. The zero-order valence-electron chi connectivity index (χ0n) is 9.37. The highest BCUT2D eigenvalue weighted by Crippen LogP contribution is 2.19. The topological polar surface area (TPSA) is 21.1 Å². The molecule has 0 bridgehead atoms. The first-order chi connectivity index (χ1) is 7.15. The number of fused-ring (bicyclic) bond motifs is 1. The molecule has 0 radical (unpaired) electrons. The van der Waals surface area contributed by atoms with Crippen LogP contribution in [0.3, 0.4) is 0 Å². The predicted molar refractivity (Wildman–Crippen MR) is 54.8 cm³/mol. The Morgan fingerprint density at radius 1 is 1.40 bits per heavy atom. The van der Waals surface area contributed by atoms with Gasteiger partial charge in [0.15, 0.2) is 0 Å². The van der Waals surface area contributed by atoms with Gasteiger partial charge >= 0.3 is 0 Å². The molecule has 0 saturated heterocycles. The van der Waals surface area contributed by atoms with Crippen molar-refractivity contribution in [2.75, 3.05) is 7.05 Å². The van der Waals surface area contributed by atoms with E-state index >= 15 is 0 Å². The number of aromatic nitrogens is 2. The van der Waals surface area contributed by atoms with Crippen LogP contribution in [0, 0.1) is 0 Å². The first-order valence-electron chi connectivity index (χ1n) is 5.17. The molecule has 0 aromatic carbocycles. The summed E-state index contributed by atoms with van der Waals surface area (Å²) in [5, 5.41) is 4.08. The minimum Gasteiger partial charge on any atom is -0.296 e. The van der Waals surface area contributed by atoms with Gasteiger partial charge in [-0.2, -0.15) is 5.10 Å². The van der Waals surface area contributed by atoms with Gasteiger partial charge in [0.05, 0.1) is 5.69 Å². The van der Waals surface area contributed by atoms with Gasteiger partial charge in [-0.25, -0.2) is 8.78 Å². The lowest BCUT2D eigenvalue weighted by molar-refractivity contribution is 0.121. The zero-order chi connectivity index (χ0) is 11.4. The monoisotopic (exact) mass is 217 g/mol. The van der Waals surface area contributed by atoms with Crippen LogP contribution in [0.15, 0.2) is 6.20 Å². The number of alkyl halides is 2. The number of halogens is 2. The Bertz CT molecular complexity index is 286. The van der Waals surface area contributed by atoms with Crippen LogP contribution in [0.4, 0.5) is 8.78 Å². The molecule has 2 rings (SSSR count). The minimum atomic E-state index is -2.32. The Labute approximate surface area is 88.7 Å². The number of rotatable bonds is 2. The van der Waals surface area contributed by atoms with Crippen molar-refractivity contribution in [2.24, 2.45) is 0 Å². The van der Waals surface area contributed by atoms with Gasteiger partial charge in [-0.3, -0.25) is 9.58 Å². The van der Waals surface area contributed by atoms with Gasteiger partial charge in [-0.1, -0.05) is 13.8 Å². The summed E-state index contributed by atoms with van der Waals surface area (Å²) >= 11 is 0. The van der Waals surface area contributed by atoms with Gasteiger partial charge in [0.25, 0.3) is 6.43 Å². The zero-order valence-corrected chi connectivity index (χ0v) is 9.37. The molecule has 0 atom stereocenters. The third-order valence-corrected chi connectivity index (χ3v) is 2.11. The molecule has 3 nitrogen and oxygen atoms in total. The Morgan fingerprint density at radius 2 is 2.07 bits per heavy atom. The van der Waals surface area contributed by atoms with Crippen LogP contribution in [-0.4, -0.2) is 28.2 Å². The van der Waals surface area contributed by atoms with E-state index in [-0.39, 0.29) is 6.54 Å². The minimum absolute atomic E-state index is 0.295. The molecular formula is C10H17F2N3. The highest BCUT2D eigenvalue weighted by Gasteiger charge is 2.19. The SMILES string of the molecule is CC.CN1Cc2cn(CC(F)F)nc2C1. The quantitative estimate of drug-likeness (QED) is 0.756. The van der Waals surface area contributed by atoms with Gasteiger partial charge in [0.1, 0.15) is 6.54 Å². The lowest BCUT2D eigenvalue weighted by atomic mass is 10.3. The van der Waals surface area contributed by atoms with E-state index in [9.17, 15) is 8.78 Å². The molecule has 1 aliphatic heterocycles. The molecule has 0 spiro atoms. The van der Waals surface area contributed by atoms with Crippen molar-refractivity contribution in [2.45, 2.75) is 39.9 Å². The van der Waals surface area contributed by atoms with Crippen molar-refractivity contribution in [1.29, 1.82) is 0 Å². The van der Waals surface area contributed by atoms with Gasteiger partial charge in [0.2, 0.25) is 0 Å². The Morgan fingerprint density at radius 3 is 2.60 bits per heavy atom. The smallest absolute Gasteiger partial charge is 0.257 e. The maximum Gasteiger partial charge on any atom is 0.257 e. The van der Waals surface area contributed by atoms with Crippen molar-refractivity contribution in [3.63, 3.8) is 0 Å². The lowest BCUT2D eigenvalue weighted by Gasteiger charge is -2.05. The number of hydrogen-bond donors (Lipinski definition) is 0. The average Bonchev–Trinajstić information content (AvgIpc) is 2.63. The average molecular weight is 217 g/mol. The highest BCUT2D eigenvalue weighted by atomic mass is 19.3. The Kier molecular flexibility index (Phi) is 4.20. The van der Waals surface area contributed by atoms with Crippen molar-refractivity contribution in [3.05, 3.63) is 17.5 Å². The van der Waals surface area contributed by atoms with Crippen LogP contribution in [0.25, 0.3) is 0 Å². The molecule has 5 heteroatoms. The highest BCUT2D eigenvalue weighted by molar-refractivity contribution is 5.20. The van der Waals surface area contributed by atoms with Gasteiger partial charge in [0, 0.05) is 24.8 Å². The molecular weight excluding hydrogens is 200 g/mol. The van der Waals surface area contributed by atoms with E-state index in [1.807, 2.05) is 20.9 Å². The first kappa shape index (κ1) is 12.1. The van der Waals surface area contributed by atoms with Crippen LogP contribution >= 0.6 is 0 Å². The molecule has 1 aromatic rings. The largest absolute Gasteiger partial charge is 0.296 e. The molecule has 0 unspecified atom stereocenters. The summed E-state index contributed by atoms with van der Waals surface area (Å²) in [7, 11) is 1.99. The second kappa shape index (κ2) is 5.21. The molecule has 15 heavy (non-hydrogen) atoms. The second-order valence-electron chi connectivity index (χ2n) is 3.39. The van der Waals surface area contributed by atoms with Crippen LogP contribution in [0.5, 0.6) is 0 Å². The van der Waals surface area contributed by atoms with E-state index in [2.05, 4.69) is 10.00 Å². The van der Waals surface area contributed by atoms with Crippen LogP contribution < -0.4 is 0 Å². The van der Waals surface area contributed by atoms with Crippen molar-refractivity contribution in [1.82, 2.24) is 14.7 Å². The predicted octanol–water partition coefficient (Wildman–Crippen LogP) is 2.12. The van der Waals surface area contributed by atoms with E-state index in [0.717, 1.165) is 24.3 Å². The van der Waals surface area contributed by atoms with Crippen LogP contribution in [0.1, 0.15) is 25.1 Å². The molecule has 1 aromatic heterocycles. The standard InChI is InChI=1S/C8H11F2N3.C2H6/c1-12-2-6-3-13(5-8(9)10)11-7(6)4-12;1-2/h3,8H,2,4-5H2,1H3;1-2H3. The van der Waals surface area contributed by atoms with Gasteiger partial charge in [-0.05, 0) is 7.05 Å². The fraction of sp³-hybridized carbons (Fsp3) is 0.700. The molecule has 1 aliphatic rings. The first-order valence-corrected chi connectivity index (χ1v) is 5.17.